The van der Waals surface area contributed by atoms with Gasteiger partial charge in [-0.05, 0) is 24.1 Å². The number of alkyl halides is 2. The van der Waals surface area contributed by atoms with E-state index in [1.807, 2.05) is 24.3 Å². The van der Waals surface area contributed by atoms with Crippen molar-refractivity contribution in [3.63, 3.8) is 0 Å². The summed E-state index contributed by atoms with van der Waals surface area (Å²) in [5.41, 5.74) is 1.92. The zero-order chi connectivity index (χ0) is 19.5. The zero-order valence-corrected chi connectivity index (χ0v) is 16.5. The Morgan fingerprint density at radius 1 is 1.12 bits per heavy atom. The number of aliphatic carboxylic acids is 2. The Balaban J connectivity index is 2.65. The highest BCUT2D eigenvalue weighted by atomic mass is 35.5. The topological polar surface area (TPSA) is 89.9 Å². The molecule has 26 heavy (non-hydrogen) atoms. The van der Waals surface area contributed by atoms with Gasteiger partial charge < -0.3 is 20.4 Å². The maximum atomic E-state index is 11.2. The normalized spacial score (nSPS) is 11.6. The molecule has 0 aliphatic carbocycles. The minimum absolute atomic E-state index is 0.0322. The summed E-state index contributed by atoms with van der Waals surface area (Å²) in [5, 5.41) is 20.6. The lowest BCUT2D eigenvalue weighted by molar-refractivity contribution is -0.140. The van der Waals surface area contributed by atoms with Crippen molar-refractivity contribution in [1.29, 1.82) is 0 Å². The Labute approximate surface area is 168 Å². The molecule has 1 aromatic carbocycles. The Hall–Kier alpha value is -1.57. The molecule has 0 aromatic heterocycles. The Kier molecular flexibility index (Phi) is 10.3. The number of carboxylic acid groups (broad SMARTS) is 2. The molecule has 9 heteroatoms. The molecule has 0 saturated heterocycles. The Morgan fingerprint density at radius 2 is 1.69 bits per heavy atom. The Bertz CT molecular complexity index is 607. The summed E-state index contributed by atoms with van der Waals surface area (Å²) in [6.45, 7) is 1.38. The van der Waals surface area contributed by atoms with Crippen molar-refractivity contribution in [2.45, 2.75) is 25.3 Å². The predicted octanol–water partition coefficient (Wildman–Crippen LogP) is 2.75. The summed E-state index contributed by atoms with van der Waals surface area (Å²) in [6, 6.07) is 6.69. The molecule has 0 aliphatic heterocycles. The van der Waals surface area contributed by atoms with Crippen LogP contribution in [0.4, 0.5) is 5.69 Å². The molecule has 6 nitrogen and oxygen atoms in total. The third-order valence-corrected chi connectivity index (χ3v) is 4.26. The van der Waals surface area contributed by atoms with Crippen LogP contribution in [0.3, 0.4) is 0 Å². The van der Waals surface area contributed by atoms with Gasteiger partial charge in [-0.1, -0.05) is 24.4 Å². The van der Waals surface area contributed by atoms with Gasteiger partial charge >= 0.3 is 11.9 Å². The maximum absolute atomic E-state index is 11.2. The molecule has 144 valence electrons. The van der Waals surface area contributed by atoms with Gasteiger partial charge in [0.05, 0.1) is 4.99 Å². The number of carbonyl (C=O) groups is 2. The van der Waals surface area contributed by atoms with Crippen LogP contribution in [0.25, 0.3) is 0 Å². The van der Waals surface area contributed by atoms with Crippen molar-refractivity contribution in [2.75, 3.05) is 29.7 Å². The molecular weight excluding hydrogens is 399 g/mol. The van der Waals surface area contributed by atoms with Crippen molar-refractivity contribution >= 4 is 58.0 Å². The van der Waals surface area contributed by atoms with Crippen LogP contribution in [0.5, 0.6) is 0 Å². The first-order valence-electron chi connectivity index (χ1n) is 8.07. The summed E-state index contributed by atoms with van der Waals surface area (Å²) in [7, 11) is 0. The summed E-state index contributed by atoms with van der Waals surface area (Å²) in [4.78, 5) is 24.2. The lowest BCUT2D eigenvalue weighted by atomic mass is 10.1. The molecule has 0 bridgehead atoms. The number of anilines is 1. The second-order valence-corrected chi connectivity index (χ2v) is 6.85. The summed E-state index contributed by atoms with van der Waals surface area (Å²) >= 11 is 16.8. The summed E-state index contributed by atoms with van der Waals surface area (Å²) < 4.78 is 0. The second kappa shape index (κ2) is 11.9. The van der Waals surface area contributed by atoms with E-state index in [0.717, 1.165) is 11.3 Å². The average molecular weight is 421 g/mol. The number of nitrogens with one attached hydrogen (secondary N) is 1. The second-order valence-electron chi connectivity index (χ2n) is 5.60. The fourth-order valence-electron chi connectivity index (χ4n) is 2.35. The van der Waals surface area contributed by atoms with Gasteiger partial charge in [0.25, 0.3) is 0 Å². The van der Waals surface area contributed by atoms with E-state index >= 15 is 0 Å². The van der Waals surface area contributed by atoms with Gasteiger partial charge in [0.2, 0.25) is 0 Å². The third-order valence-electron chi connectivity index (χ3n) is 3.66. The summed E-state index contributed by atoms with van der Waals surface area (Å²) in [5.74, 6) is -1.17. The molecule has 0 amide bonds. The van der Waals surface area contributed by atoms with E-state index in [0.29, 0.717) is 36.3 Å². The van der Waals surface area contributed by atoms with Crippen LogP contribution < -0.4 is 10.2 Å². The molecule has 0 unspecified atom stereocenters. The number of thiocarbonyl (C=S) groups is 1. The van der Waals surface area contributed by atoms with Crippen LogP contribution in [0.2, 0.25) is 0 Å². The molecule has 0 aliphatic rings. The standard InChI is InChI=1S/C17H22Cl2N2O4S/c18-7-9-21(10-8-19)13-3-1-12(2-4-13)11-15(26)20-14(17(24)25)5-6-16(22)23/h1-4,14H,5-11H2,(H,20,26)(H,22,23)(H,24,25)/t14-/m0/s1. The monoisotopic (exact) mass is 420 g/mol. The lowest BCUT2D eigenvalue weighted by Crippen LogP contribution is -2.41. The van der Waals surface area contributed by atoms with E-state index in [1.165, 1.54) is 0 Å². The fraction of sp³-hybridized carbons (Fsp3) is 0.471. The fourth-order valence-corrected chi connectivity index (χ4v) is 3.07. The number of hydrogen-bond donors (Lipinski definition) is 3. The van der Waals surface area contributed by atoms with Crippen molar-refractivity contribution in [1.82, 2.24) is 5.32 Å². The smallest absolute Gasteiger partial charge is 0.326 e. The van der Waals surface area contributed by atoms with Crippen molar-refractivity contribution in [2.24, 2.45) is 0 Å². The minimum Gasteiger partial charge on any atom is -0.481 e. The number of benzene rings is 1. The number of hydrogen-bond acceptors (Lipinski definition) is 4. The van der Waals surface area contributed by atoms with Crippen molar-refractivity contribution < 1.29 is 19.8 Å². The molecule has 0 spiro atoms. The van der Waals surface area contributed by atoms with Crippen LogP contribution in [-0.2, 0) is 16.0 Å². The van der Waals surface area contributed by atoms with E-state index in [9.17, 15) is 9.59 Å². The zero-order valence-electron chi connectivity index (χ0n) is 14.2. The van der Waals surface area contributed by atoms with E-state index < -0.39 is 18.0 Å². The maximum Gasteiger partial charge on any atom is 0.326 e. The first kappa shape index (κ1) is 22.5. The van der Waals surface area contributed by atoms with Crippen LogP contribution in [0.15, 0.2) is 24.3 Å². The van der Waals surface area contributed by atoms with Crippen LogP contribution >= 0.6 is 35.4 Å². The van der Waals surface area contributed by atoms with E-state index in [1.54, 1.807) is 0 Å². The number of rotatable bonds is 12. The molecule has 1 rings (SSSR count). The largest absolute Gasteiger partial charge is 0.481 e. The quantitative estimate of drug-likeness (QED) is 0.353. The number of carboxylic acids is 2. The molecule has 0 saturated carbocycles. The first-order valence-corrected chi connectivity index (χ1v) is 9.55. The van der Waals surface area contributed by atoms with Gasteiger partial charge in [-0.15, -0.1) is 23.2 Å². The van der Waals surface area contributed by atoms with E-state index in [4.69, 9.17) is 45.6 Å². The molecule has 1 aromatic rings. The van der Waals surface area contributed by atoms with E-state index in [2.05, 4.69) is 10.2 Å². The third kappa shape index (κ3) is 8.21. The van der Waals surface area contributed by atoms with Gasteiger partial charge in [0.15, 0.2) is 0 Å². The average Bonchev–Trinajstić information content (AvgIpc) is 2.58. The molecule has 0 fully saturated rings. The van der Waals surface area contributed by atoms with Gasteiger partial charge in [0.1, 0.15) is 6.04 Å². The van der Waals surface area contributed by atoms with Crippen LogP contribution in [0.1, 0.15) is 18.4 Å². The SMILES string of the molecule is O=C(O)CC[C@H](NC(=S)Cc1ccc(N(CCCl)CCCl)cc1)C(=O)O. The van der Waals surface area contributed by atoms with Gasteiger partial charge in [0, 0.05) is 43.4 Å². The predicted molar refractivity (Wildman–Crippen MR) is 108 cm³/mol. The molecule has 1 atom stereocenters. The lowest BCUT2D eigenvalue weighted by Gasteiger charge is -2.23. The van der Waals surface area contributed by atoms with Crippen molar-refractivity contribution in [3.05, 3.63) is 29.8 Å². The molecular formula is C17H22Cl2N2O4S. The first-order chi connectivity index (χ1) is 12.4. The van der Waals surface area contributed by atoms with Crippen molar-refractivity contribution in [3.8, 4) is 0 Å². The molecule has 0 radical (unpaired) electrons. The van der Waals surface area contributed by atoms with Gasteiger partial charge in [-0.2, -0.15) is 0 Å². The van der Waals surface area contributed by atoms with Crippen LogP contribution in [0, 0.1) is 0 Å². The van der Waals surface area contributed by atoms with Gasteiger partial charge in [-0.3, -0.25) is 4.79 Å². The highest BCUT2D eigenvalue weighted by Gasteiger charge is 2.19. The van der Waals surface area contributed by atoms with Gasteiger partial charge in [-0.25, -0.2) is 4.79 Å². The number of nitrogens with zero attached hydrogens (tertiary/aromatic N) is 1. The van der Waals surface area contributed by atoms with E-state index in [-0.39, 0.29) is 12.8 Å². The Morgan fingerprint density at radius 3 is 2.15 bits per heavy atom. The highest BCUT2D eigenvalue weighted by Crippen LogP contribution is 2.16. The minimum atomic E-state index is -1.12. The highest BCUT2D eigenvalue weighted by molar-refractivity contribution is 7.80. The van der Waals surface area contributed by atoms with Crippen LogP contribution in [-0.4, -0.2) is 58.0 Å². The number of halogens is 2. The molecule has 3 N–H and O–H groups in total. The summed E-state index contributed by atoms with van der Waals surface area (Å²) in [6.07, 6.45) is 0.102. The molecule has 0 heterocycles.